The smallest absolute Gasteiger partial charge is 0.256 e. The standard InChI is InChI=1S/C32H40N4O4/c1-23-11-13-27(32(38)36(20-19-34(2)3)22-24-9-7-6-8-10-24)30(33-23)25-15-17-35(18-16-25)31(37)26-12-14-28(39-4)29(21-26)40-5/h6-14,21,25H,15-20,22H2,1-5H3. The quantitative estimate of drug-likeness (QED) is 0.371. The molecule has 0 atom stereocenters. The number of hydrogen-bond acceptors (Lipinski definition) is 6. The van der Waals surface area contributed by atoms with E-state index in [2.05, 4.69) is 17.0 Å². The van der Waals surface area contributed by atoms with Crippen LogP contribution in [0.15, 0.2) is 60.7 Å². The molecule has 8 nitrogen and oxygen atoms in total. The van der Waals surface area contributed by atoms with Gasteiger partial charge in [0.15, 0.2) is 11.5 Å². The number of carbonyl (C=O) groups excluding carboxylic acids is 2. The van der Waals surface area contributed by atoms with Crippen LogP contribution >= 0.6 is 0 Å². The minimum absolute atomic E-state index is 0.00274. The van der Waals surface area contributed by atoms with Crippen molar-refractivity contribution in [1.29, 1.82) is 0 Å². The van der Waals surface area contributed by atoms with Gasteiger partial charge in [0.1, 0.15) is 0 Å². The molecule has 3 aromatic rings. The van der Waals surface area contributed by atoms with E-state index in [1.165, 1.54) is 0 Å². The highest BCUT2D eigenvalue weighted by Crippen LogP contribution is 2.32. The monoisotopic (exact) mass is 544 g/mol. The number of rotatable bonds is 10. The molecule has 40 heavy (non-hydrogen) atoms. The van der Waals surface area contributed by atoms with Crippen molar-refractivity contribution in [3.8, 4) is 11.5 Å². The Labute approximate surface area is 237 Å². The number of aryl methyl sites for hydroxylation is 1. The number of benzene rings is 2. The number of amides is 2. The molecule has 1 saturated heterocycles. The molecule has 2 aromatic carbocycles. The molecule has 0 unspecified atom stereocenters. The molecule has 212 valence electrons. The van der Waals surface area contributed by atoms with Gasteiger partial charge in [-0.3, -0.25) is 14.6 Å². The average molecular weight is 545 g/mol. The zero-order valence-electron chi connectivity index (χ0n) is 24.2. The molecule has 2 amide bonds. The molecule has 1 aromatic heterocycles. The Balaban J connectivity index is 1.51. The number of methoxy groups -OCH3 is 2. The van der Waals surface area contributed by atoms with Gasteiger partial charge in [-0.15, -0.1) is 0 Å². The molecule has 0 saturated carbocycles. The number of likely N-dealkylation sites (tertiary alicyclic amines) is 1. The van der Waals surface area contributed by atoms with Crippen LogP contribution in [0, 0.1) is 6.92 Å². The highest BCUT2D eigenvalue weighted by Gasteiger charge is 2.30. The first-order valence-electron chi connectivity index (χ1n) is 13.8. The second-order valence-electron chi connectivity index (χ2n) is 10.5. The van der Waals surface area contributed by atoms with E-state index in [1.807, 2.05) is 61.2 Å². The Morgan fingerprint density at radius 1 is 0.925 bits per heavy atom. The van der Waals surface area contributed by atoms with Crippen molar-refractivity contribution in [3.63, 3.8) is 0 Å². The number of ether oxygens (including phenoxy) is 2. The third kappa shape index (κ3) is 6.99. The summed E-state index contributed by atoms with van der Waals surface area (Å²) in [5.41, 5.74) is 4.05. The summed E-state index contributed by atoms with van der Waals surface area (Å²) in [6.45, 7) is 5.07. The summed E-state index contributed by atoms with van der Waals surface area (Å²) in [6.07, 6.45) is 1.48. The largest absolute Gasteiger partial charge is 0.493 e. The van der Waals surface area contributed by atoms with Crippen molar-refractivity contribution in [3.05, 3.63) is 88.7 Å². The molecule has 0 bridgehead atoms. The Kier molecular flexibility index (Phi) is 9.77. The van der Waals surface area contributed by atoms with E-state index in [4.69, 9.17) is 14.5 Å². The number of likely N-dealkylation sites (N-methyl/N-ethyl adjacent to an activating group) is 1. The maximum Gasteiger partial charge on any atom is 0.256 e. The van der Waals surface area contributed by atoms with Gasteiger partial charge in [-0.25, -0.2) is 0 Å². The maximum atomic E-state index is 14.0. The summed E-state index contributed by atoms with van der Waals surface area (Å²) in [6, 6.07) is 19.2. The van der Waals surface area contributed by atoms with Crippen LogP contribution in [0.1, 0.15) is 56.4 Å². The van der Waals surface area contributed by atoms with Crippen molar-refractivity contribution >= 4 is 11.8 Å². The third-order valence-electron chi connectivity index (χ3n) is 7.41. The van der Waals surface area contributed by atoms with Crippen LogP contribution in [0.5, 0.6) is 11.5 Å². The first-order valence-corrected chi connectivity index (χ1v) is 13.8. The topological polar surface area (TPSA) is 75.2 Å². The van der Waals surface area contributed by atoms with Crippen LogP contribution in [0.25, 0.3) is 0 Å². The molecule has 1 aliphatic heterocycles. The summed E-state index contributed by atoms with van der Waals surface area (Å²) < 4.78 is 10.7. The van der Waals surface area contributed by atoms with Crippen molar-refractivity contribution in [1.82, 2.24) is 19.7 Å². The number of piperidine rings is 1. The predicted octanol–water partition coefficient (Wildman–Crippen LogP) is 4.63. The van der Waals surface area contributed by atoms with E-state index in [1.54, 1.807) is 32.4 Å². The first kappa shape index (κ1) is 29.1. The van der Waals surface area contributed by atoms with Crippen LogP contribution in [0.3, 0.4) is 0 Å². The second kappa shape index (κ2) is 13.4. The molecule has 0 spiro atoms. The third-order valence-corrected chi connectivity index (χ3v) is 7.41. The summed E-state index contributed by atoms with van der Waals surface area (Å²) in [5, 5.41) is 0. The van der Waals surface area contributed by atoms with Gasteiger partial charge in [0, 0.05) is 49.9 Å². The minimum atomic E-state index is -0.0365. The van der Waals surface area contributed by atoms with Gasteiger partial charge in [0.2, 0.25) is 0 Å². The molecule has 0 radical (unpaired) electrons. The molecule has 2 heterocycles. The van der Waals surface area contributed by atoms with E-state index in [9.17, 15) is 9.59 Å². The number of aromatic nitrogens is 1. The highest BCUT2D eigenvalue weighted by atomic mass is 16.5. The van der Waals surface area contributed by atoms with Crippen molar-refractivity contribution in [2.24, 2.45) is 0 Å². The molecule has 4 rings (SSSR count). The second-order valence-corrected chi connectivity index (χ2v) is 10.5. The lowest BCUT2D eigenvalue weighted by Gasteiger charge is -2.33. The summed E-state index contributed by atoms with van der Waals surface area (Å²) in [5.74, 6) is 1.18. The average Bonchev–Trinajstić information content (AvgIpc) is 2.98. The Bertz CT molecular complexity index is 1300. The Morgan fingerprint density at radius 2 is 1.62 bits per heavy atom. The fourth-order valence-corrected chi connectivity index (χ4v) is 5.12. The normalized spacial score (nSPS) is 13.8. The van der Waals surface area contributed by atoms with Gasteiger partial charge < -0.3 is 24.2 Å². The van der Waals surface area contributed by atoms with E-state index in [0.29, 0.717) is 48.8 Å². The number of hydrogen-bond donors (Lipinski definition) is 0. The van der Waals surface area contributed by atoms with Gasteiger partial charge in [0.25, 0.3) is 11.8 Å². The van der Waals surface area contributed by atoms with Gasteiger partial charge in [-0.2, -0.15) is 0 Å². The molecule has 1 aliphatic rings. The highest BCUT2D eigenvalue weighted by molar-refractivity contribution is 5.96. The van der Waals surface area contributed by atoms with E-state index >= 15 is 0 Å². The fourth-order valence-electron chi connectivity index (χ4n) is 5.12. The van der Waals surface area contributed by atoms with Crippen molar-refractivity contribution in [2.45, 2.75) is 32.2 Å². The van der Waals surface area contributed by atoms with E-state index in [-0.39, 0.29) is 17.7 Å². The SMILES string of the molecule is COc1ccc(C(=O)N2CCC(c3nc(C)ccc3C(=O)N(CCN(C)C)Cc3ccccc3)CC2)cc1OC. The molecule has 0 N–H and O–H groups in total. The van der Waals surface area contributed by atoms with Crippen LogP contribution in [0.2, 0.25) is 0 Å². The van der Waals surface area contributed by atoms with Crippen LogP contribution in [-0.2, 0) is 6.54 Å². The van der Waals surface area contributed by atoms with Crippen LogP contribution in [0.4, 0.5) is 0 Å². The molecular weight excluding hydrogens is 504 g/mol. The Morgan fingerprint density at radius 3 is 2.27 bits per heavy atom. The summed E-state index contributed by atoms with van der Waals surface area (Å²) in [4.78, 5) is 38.0. The molecule has 1 fully saturated rings. The number of nitrogens with zero attached hydrogens (tertiary/aromatic N) is 4. The lowest BCUT2D eigenvalue weighted by molar-refractivity contribution is 0.0698. The molecule has 0 aliphatic carbocycles. The number of pyridine rings is 1. The van der Waals surface area contributed by atoms with E-state index in [0.717, 1.165) is 36.3 Å². The molecule has 8 heteroatoms. The fraction of sp³-hybridized carbons (Fsp3) is 0.406. The van der Waals surface area contributed by atoms with Gasteiger partial charge in [-0.1, -0.05) is 30.3 Å². The van der Waals surface area contributed by atoms with Gasteiger partial charge in [-0.05, 0) is 69.8 Å². The van der Waals surface area contributed by atoms with Crippen LogP contribution in [-0.4, -0.2) is 86.0 Å². The van der Waals surface area contributed by atoms with Crippen LogP contribution < -0.4 is 9.47 Å². The minimum Gasteiger partial charge on any atom is -0.493 e. The zero-order chi connectivity index (χ0) is 28.6. The lowest BCUT2D eigenvalue weighted by Crippen LogP contribution is -2.39. The molecular formula is C32H40N4O4. The maximum absolute atomic E-state index is 14.0. The first-order chi connectivity index (χ1) is 19.3. The van der Waals surface area contributed by atoms with E-state index < -0.39 is 0 Å². The van der Waals surface area contributed by atoms with Crippen molar-refractivity contribution < 1.29 is 19.1 Å². The predicted molar refractivity (Wildman–Crippen MR) is 156 cm³/mol. The van der Waals surface area contributed by atoms with Gasteiger partial charge in [0.05, 0.1) is 25.5 Å². The van der Waals surface area contributed by atoms with Gasteiger partial charge >= 0.3 is 0 Å². The Hall–Kier alpha value is -3.91. The lowest BCUT2D eigenvalue weighted by atomic mass is 9.89. The van der Waals surface area contributed by atoms with Crippen molar-refractivity contribution in [2.75, 3.05) is 54.5 Å². The number of carbonyl (C=O) groups is 2. The summed E-state index contributed by atoms with van der Waals surface area (Å²) in [7, 11) is 7.17. The summed E-state index contributed by atoms with van der Waals surface area (Å²) >= 11 is 0. The zero-order valence-corrected chi connectivity index (χ0v) is 24.2.